The third-order valence-electron chi connectivity index (χ3n) is 3.93. The summed E-state index contributed by atoms with van der Waals surface area (Å²) in [5, 5.41) is 11.6. The molecular formula is C16H28Cl2N4O2S. The molecule has 1 fully saturated rings. The normalized spacial score (nSPS) is 20.0. The highest BCUT2D eigenvalue weighted by molar-refractivity contribution is 7.13. The molecule has 0 aliphatic carbocycles. The van der Waals surface area contributed by atoms with Crippen molar-refractivity contribution in [3.05, 3.63) is 11.1 Å². The number of piperidine rings is 1. The fraction of sp³-hybridized carbons (Fsp3) is 0.688. The van der Waals surface area contributed by atoms with Crippen molar-refractivity contribution in [3.8, 4) is 0 Å². The van der Waals surface area contributed by atoms with Crippen LogP contribution in [0.5, 0.6) is 0 Å². The molecule has 0 radical (unpaired) electrons. The van der Waals surface area contributed by atoms with E-state index >= 15 is 0 Å². The Bertz CT molecular complexity index is 575. The molecule has 0 aromatic carbocycles. The third kappa shape index (κ3) is 7.48. The highest BCUT2D eigenvalue weighted by Gasteiger charge is 2.24. The summed E-state index contributed by atoms with van der Waals surface area (Å²) in [4.78, 5) is 28.4. The van der Waals surface area contributed by atoms with Crippen molar-refractivity contribution in [2.24, 2.45) is 11.3 Å². The number of hydrogen-bond donors (Lipinski definition) is 3. The average Bonchev–Trinajstić information content (AvgIpc) is 2.87. The maximum absolute atomic E-state index is 12.2. The lowest BCUT2D eigenvalue weighted by molar-refractivity contribution is -0.123. The van der Waals surface area contributed by atoms with E-state index in [-0.39, 0.29) is 49.1 Å². The van der Waals surface area contributed by atoms with Gasteiger partial charge in [-0.1, -0.05) is 27.7 Å². The van der Waals surface area contributed by atoms with E-state index in [4.69, 9.17) is 0 Å². The van der Waals surface area contributed by atoms with E-state index in [1.54, 1.807) is 0 Å². The van der Waals surface area contributed by atoms with Gasteiger partial charge in [0.1, 0.15) is 0 Å². The monoisotopic (exact) mass is 410 g/mol. The molecule has 9 heteroatoms. The lowest BCUT2D eigenvalue weighted by Crippen LogP contribution is -2.48. The fourth-order valence-electron chi connectivity index (χ4n) is 2.38. The minimum atomic E-state index is -0.464. The van der Waals surface area contributed by atoms with E-state index < -0.39 is 5.41 Å². The average molecular weight is 411 g/mol. The van der Waals surface area contributed by atoms with Gasteiger partial charge in [0.15, 0.2) is 5.13 Å². The molecule has 1 aromatic heterocycles. The van der Waals surface area contributed by atoms with Crippen LogP contribution >= 0.6 is 36.2 Å². The minimum absolute atomic E-state index is 0. The molecule has 2 unspecified atom stereocenters. The van der Waals surface area contributed by atoms with Gasteiger partial charge in [-0.05, 0) is 25.4 Å². The number of nitrogens with one attached hydrogen (secondary N) is 3. The van der Waals surface area contributed by atoms with Gasteiger partial charge in [-0.15, -0.1) is 36.2 Å². The second-order valence-corrected chi connectivity index (χ2v) is 8.03. The molecule has 0 spiro atoms. The fourth-order valence-corrected chi connectivity index (χ4v) is 3.09. The number of carbonyl (C=O) groups is 2. The molecule has 144 valence electrons. The smallest absolute Gasteiger partial charge is 0.231 e. The van der Waals surface area contributed by atoms with E-state index in [0.29, 0.717) is 16.7 Å². The van der Waals surface area contributed by atoms with Crippen molar-refractivity contribution in [1.29, 1.82) is 0 Å². The van der Waals surface area contributed by atoms with Crippen molar-refractivity contribution in [3.63, 3.8) is 0 Å². The van der Waals surface area contributed by atoms with Crippen LogP contribution < -0.4 is 16.0 Å². The number of nitrogens with zero attached hydrogens (tertiary/aromatic N) is 1. The first-order valence-corrected chi connectivity index (χ1v) is 8.89. The zero-order valence-electron chi connectivity index (χ0n) is 15.0. The number of rotatable bonds is 4. The van der Waals surface area contributed by atoms with E-state index in [0.717, 1.165) is 19.5 Å². The van der Waals surface area contributed by atoms with Crippen molar-refractivity contribution >= 4 is 53.1 Å². The summed E-state index contributed by atoms with van der Waals surface area (Å²) >= 11 is 1.35. The molecule has 1 aromatic rings. The van der Waals surface area contributed by atoms with Crippen LogP contribution in [0.2, 0.25) is 0 Å². The third-order valence-corrected chi connectivity index (χ3v) is 4.73. The quantitative estimate of drug-likeness (QED) is 0.711. The van der Waals surface area contributed by atoms with Gasteiger partial charge in [0.2, 0.25) is 11.8 Å². The van der Waals surface area contributed by atoms with Crippen LogP contribution in [0.1, 0.15) is 39.8 Å². The van der Waals surface area contributed by atoms with Gasteiger partial charge in [0.25, 0.3) is 0 Å². The molecule has 25 heavy (non-hydrogen) atoms. The van der Waals surface area contributed by atoms with Crippen LogP contribution in [0, 0.1) is 11.3 Å². The predicted molar refractivity (Wildman–Crippen MR) is 107 cm³/mol. The van der Waals surface area contributed by atoms with Crippen LogP contribution in [-0.4, -0.2) is 35.9 Å². The topological polar surface area (TPSA) is 83.1 Å². The van der Waals surface area contributed by atoms with Crippen LogP contribution in [0.15, 0.2) is 5.38 Å². The summed E-state index contributed by atoms with van der Waals surface area (Å²) in [6.07, 6.45) is 1.20. The number of thiazole rings is 1. The first-order valence-electron chi connectivity index (χ1n) is 8.01. The van der Waals surface area contributed by atoms with E-state index in [2.05, 4.69) is 27.9 Å². The Morgan fingerprint density at radius 2 is 2.04 bits per heavy atom. The van der Waals surface area contributed by atoms with Crippen molar-refractivity contribution in [1.82, 2.24) is 15.6 Å². The molecule has 1 aliphatic heterocycles. The number of aromatic nitrogens is 1. The Balaban J connectivity index is 0.00000288. The molecule has 2 atom stereocenters. The molecule has 2 rings (SSSR count). The largest absolute Gasteiger partial charge is 0.353 e. The number of halogens is 2. The number of carbonyl (C=O) groups excluding carboxylic acids is 2. The predicted octanol–water partition coefficient (Wildman–Crippen LogP) is 2.63. The Kier molecular flexibility index (Phi) is 9.94. The summed E-state index contributed by atoms with van der Waals surface area (Å²) in [6.45, 7) is 9.57. The lowest BCUT2D eigenvalue weighted by atomic mass is 9.95. The Morgan fingerprint density at radius 3 is 2.64 bits per heavy atom. The van der Waals surface area contributed by atoms with Crippen LogP contribution in [0.3, 0.4) is 0 Å². The maximum atomic E-state index is 12.2. The van der Waals surface area contributed by atoms with Crippen LogP contribution in [-0.2, 0) is 16.0 Å². The second kappa shape index (κ2) is 10.3. The van der Waals surface area contributed by atoms with Crippen molar-refractivity contribution in [2.75, 3.05) is 18.4 Å². The molecule has 0 bridgehead atoms. The first-order chi connectivity index (χ1) is 10.8. The van der Waals surface area contributed by atoms with Crippen LogP contribution in [0.4, 0.5) is 5.13 Å². The van der Waals surface area contributed by atoms with E-state index in [1.807, 2.05) is 26.2 Å². The molecule has 2 amide bonds. The summed E-state index contributed by atoms with van der Waals surface area (Å²) < 4.78 is 0. The number of anilines is 1. The summed E-state index contributed by atoms with van der Waals surface area (Å²) in [5.74, 6) is 0.346. The molecule has 1 aliphatic rings. The Morgan fingerprint density at radius 1 is 1.36 bits per heavy atom. The molecule has 0 saturated carbocycles. The standard InChI is InChI=1S/C16H26N4O2S.2ClH/c1-10-8-17-6-5-12(10)19-13(21)7-11-9-23-15(18-11)20-14(22)16(2,3)4;;/h9-10,12,17H,5-8H2,1-4H3,(H,19,21)(H,18,20,22);2*1H. The number of hydrogen-bond acceptors (Lipinski definition) is 5. The number of amides is 2. The zero-order valence-corrected chi connectivity index (χ0v) is 17.5. The van der Waals surface area contributed by atoms with Gasteiger partial charge in [0.05, 0.1) is 12.1 Å². The first kappa shape index (κ1) is 24.1. The van der Waals surface area contributed by atoms with Gasteiger partial charge < -0.3 is 16.0 Å². The minimum Gasteiger partial charge on any atom is -0.353 e. The van der Waals surface area contributed by atoms with Gasteiger partial charge in [-0.3, -0.25) is 9.59 Å². The highest BCUT2D eigenvalue weighted by atomic mass is 35.5. The van der Waals surface area contributed by atoms with Gasteiger partial charge in [-0.25, -0.2) is 4.98 Å². The SMILES string of the molecule is CC1CNCCC1NC(=O)Cc1csc(NC(=O)C(C)(C)C)n1.Cl.Cl. The summed E-state index contributed by atoms with van der Waals surface area (Å²) in [7, 11) is 0. The highest BCUT2D eigenvalue weighted by Crippen LogP contribution is 2.21. The van der Waals surface area contributed by atoms with Gasteiger partial charge in [-0.2, -0.15) is 0 Å². The van der Waals surface area contributed by atoms with Gasteiger partial charge >= 0.3 is 0 Å². The molecule has 2 heterocycles. The van der Waals surface area contributed by atoms with Gasteiger partial charge in [0, 0.05) is 16.8 Å². The molecular weight excluding hydrogens is 383 g/mol. The van der Waals surface area contributed by atoms with E-state index in [9.17, 15) is 9.59 Å². The summed E-state index contributed by atoms with van der Waals surface area (Å²) in [6, 6.07) is 0.224. The molecule has 1 saturated heterocycles. The molecule has 6 nitrogen and oxygen atoms in total. The Labute approximate surface area is 165 Å². The van der Waals surface area contributed by atoms with Crippen molar-refractivity contribution < 1.29 is 9.59 Å². The van der Waals surface area contributed by atoms with Crippen LogP contribution in [0.25, 0.3) is 0 Å². The van der Waals surface area contributed by atoms with E-state index in [1.165, 1.54) is 11.3 Å². The van der Waals surface area contributed by atoms with Crippen molar-refractivity contribution in [2.45, 2.75) is 46.6 Å². The molecule has 3 N–H and O–H groups in total. The maximum Gasteiger partial charge on any atom is 0.231 e. The summed E-state index contributed by atoms with van der Waals surface area (Å²) in [5.41, 5.74) is 0.229. The zero-order chi connectivity index (χ0) is 17.0. The Hall–Kier alpha value is -0.890. The second-order valence-electron chi connectivity index (χ2n) is 7.17. The lowest BCUT2D eigenvalue weighted by Gasteiger charge is -2.30.